The predicted molar refractivity (Wildman–Crippen MR) is 103 cm³/mol. The highest BCUT2D eigenvalue weighted by Gasteiger charge is 2.41. The minimum atomic E-state index is -4.63. The molecule has 172 valence electrons. The van der Waals surface area contributed by atoms with Crippen LogP contribution < -0.4 is 4.90 Å². The van der Waals surface area contributed by atoms with Gasteiger partial charge in [-0.3, -0.25) is 9.69 Å². The molecule has 1 aliphatic rings. The number of alkyl halides is 6. The van der Waals surface area contributed by atoms with Crippen LogP contribution in [0.3, 0.4) is 0 Å². The number of halogens is 6. The van der Waals surface area contributed by atoms with Crippen molar-refractivity contribution in [2.75, 3.05) is 18.0 Å². The zero-order valence-corrected chi connectivity index (χ0v) is 17.0. The second-order valence-electron chi connectivity index (χ2n) is 7.73. The van der Waals surface area contributed by atoms with Gasteiger partial charge < -0.3 is 4.90 Å². The molecule has 2 heterocycles. The Morgan fingerprint density at radius 2 is 1.78 bits per heavy atom. The van der Waals surface area contributed by atoms with E-state index in [1.165, 1.54) is 15.9 Å². The molecule has 1 fully saturated rings. The Kier molecular flexibility index (Phi) is 6.21. The lowest BCUT2D eigenvalue weighted by atomic mass is 10.0. The van der Waals surface area contributed by atoms with E-state index in [4.69, 9.17) is 0 Å². The molecule has 0 saturated carbocycles. The summed E-state index contributed by atoms with van der Waals surface area (Å²) in [6.45, 7) is 3.23. The molecule has 0 unspecified atom stereocenters. The van der Waals surface area contributed by atoms with Crippen LogP contribution >= 0.6 is 0 Å². The maximum atomic E-state index is 13.0. The van der Waals surface area contributed by atoms with Gasteiger partial charge in [0.15, 0.2) is 5.78 Å². The van der Waals surface area contributed by atoms with E-state index in [0.717, 1.165) is 36.5 Å². The Morgan fingerprint density at radius 3 is 2.31 bits per heavy atom. The molecule has 5 nitrogen and oxygen atoms in total. The number of hydrogen-bond donors (Lipinski definition) is 0. The van der Waals surface area contributed by atoms with Crippen LogP contribution in [0.2, 0.25) is 0 Å². The Bertz CT molecular complexity index is 1000. The number of carbonyl (C=O) groups excluding carboxylic acids is 2. The molecular formula is C21H19F6N3O2. The molecule has 0 spiro atoms. The highest BCUT2D eigenvalue weighted by atomic mass is 19.4. The van der Waals surface area contributed by atoms with Gasteiger partial charge in [-0.2, -0.15) is 26.3 Å². The van der Waals surface area contributed by atoms with Gasteiger partial charge in [-0.1, -0.05) is 26.0 Å². The summed E-state index contributed by atoms with van der Waals surface area (Å²) in [5.41, 5.74) is -2.15. The Labute approximate surface area is 179 Å². The SMILES string of the molecule is CC(C)[C@H]1CN(c2ccc(C(F)(F)F)nc2)C(=O)N1CC(=O)c1cccc(C(F)(F)F)c1. The first-order valence-electron chi connectivity index (χ1n) is 9.61. The molecule has 0 radical (unpaired) electrons. The highest BCUT2D eigenvalue weighted by Crippen LogP contribution is 2.32. The van der Waals surface area contributed by atoms with Crippen LogP contribution in [-0.4, -0.2) is 40.8 Å². The van der Waals surface area contributed by atoms with E-state index >= 15 is 0 Å². The minimum Gasteiger partial charge on any atom is -0.312 e. The number of benzene rings is 1. The monoisotopic (exact) mass is 459 g/mol. The Balaban J connectivity index is 1.83. The quantitative estimate of drug-likeness (QED) is 0.452. The van der Waals surface area contributed by atoms with Crippen molar-refractivity contribution >= 4 is 17.5 Å². The molecule has 1 aromatic heterocycles. The number of amides is 2. The average molecular weight is 459 g/mol. The third-order valence-electron chi connectivity index (χ3n) is 5.19. The fourth-order valence-corrected chi connectivity index (χ4v) is 3.46. The van der Waals surface area contributed by atoms with Gasteiger partial charge in [-0.05, 0) is 30.2 Å². The zero-order valence-electron chi connectivity index (χ0n) is 17.0. The average Bonchev–Trinajstić information content (AvgIpc) is 3.03. The molecule has 1 atom stereocenters. The van der Waals surface area contributed by atoms with Crippen LogP contribution in [-0.2, 0) is 12.4 Å². The summed E-state index contributed by atoms with van der Waals surface area (Å²) >= 11 is 0. The maximum Gasteiger partial charge on any atom is 0.433 e. The summed E-state index contributed by atoms with van der Waals surface area (Å²) in [6, 6.07) is 4.68. The Morgan fingerprint density at radius 1 is 1.09 bits per heavy atom. The van der Waals surface area contributed by atoms with Gasteiger partial charge in [0.2, 0.25) is 0 Å². The van der Waals surface area contributed by atoms with E-state index in [0.29, 0.717) is 0 Å². The molecule has 1 aromatic carbocycles. The molecular weight excluding hydrogens is 440 g/mol. The number of aromatic nitrogens is 1. The van der Waals surface area contributed by atoms with Crippen LogP contribution in [0.25, 0.3) is 0 Å². The van der Waals surface area contributed by atoms with Crippen LogP contribution in [0.15, 0.2) is 42.6 Å². The number of anilines is 1. The van der Waals surface area contributed by atoms with E-state index in [1.807, 2.05) is 0 Å². The van der Waals surface area contributed by atoms with Crippen LogP contribution in [0.4, 0.5) is 36.8 Å². The molecule has 2 amide bonds. The molecule has 1 aliphatic heterocycles. The number of hydrogen-bond acceptors (Lipinski definition) is 3. The van der Waals surface area contributed by atoms with Crippen molar-refractivity contribution in [3.05, 3.63) is 59.4 Å². The number of rotatable bonds is 5. The second kappa shape index (κ2) is 8.44. The number of ketones is 1. The predicted octanol–water partition coefficient (Wildman–Crippen LogP) is 5.27. The fraction of sp³-hybridized carbons (Fsp3) is 0.381. The second-order valence-corrected chi connectivity index (χ2v) is 7.73. The Hall–Kier alpha value is -3.11. The van der Waals surface area contributed by atoms with Crippen molar-refractivity contribution in [2.45, 2.75) is 32.2 Å². The van der Waals surface area contributed by atoms with E-state index in [9.17, 15) is 35.9 Å². The molecule has 1 saturated heterocycles. The number of Topliss-reactive ketones (excluding diaryl/α,β-unsaturated/α-hetero) is 1. The van der Waals surface area contributed by atoms with Crippen molar-refractivity contribution in [1.82, 2.24) is 9.88 Å². The third kappa shape index (κ3) is 4.86. The van der Waals surface area contributed by atoms with Crippen molar-refractivity contribution in [2.24, 2.45) is 5.92 Å². The van der Waals surface area contributed by atoms with Crippen molar-refractivity contribution in [3.63, 3.8) is 0 Å². The lowest BCUT2D eigenvalue weighted by molar-refractivity contribution is -0.141. The lowest BCUT2D eigenvalue weighted by Gasteiger charge is -2.25. The summed E-state index contributed by atoms with van der Waals surface area (Å²) in [5, 5.41) is 0. The van der Waals surface area contributed by atoms with Gasteiger partial charge in [0.05, 0.1) is 30.0 Å². The first kappa shape index (κ1) is 23.6. The number of pyridine rings is 1. The molecule has 32 heavy (non-hydrogen) atoms. The summed E-state index contributed by atoms with van der Waals surface area (Å²) in [7, 11) is 0. The summed E-state index contributed by atoms with van der Waals surface area (Å²) in [6.07, 6.45) is -8.32. The van der Waals surface area contributed by atoms with Crippen LogP contribution in [0, 0.1) is 5.92 Å². The minimum absolute atomic E-state index is 0.0966. The summed E-state index contributed by atoms with van der Waals surface area (Å²) in [4.78, 5) is 31.4. The van der Waals surface area contributed by atoms with E-state index in [1.54, 1.807) is 13.8 Å². The smallest absolute Gasteiger partial charge is 0.312 e. The molecule has 0 aliphatic carbocycles. The van der Waals surface area contributed by atoms with Crippen molar-refractivity contribution < 1.29 is 35.9 Å². The highest BCUT2D eigenvalue weighted by molar-refractivity contribution is 6.02. The first-order chi connectivity index (χ1) is 14.8. The molecule has 11 heteroatoms. The van der Waals surface area contributed by atoms with Crippen LogP contribution in [0.1, 0.15) is 35.5 Å². The lowest BCUT2D eigenvalue weighted by Crippen LogP contribution is -2.41. The van der Waals surface area contributed by atoms with Crippen molar-refractivity contribution in [1.29, 1.82) is 0 Å². The first-order valence-corrected chi connectivity index (χ1v) is 9.61. The number of carbonyl (C=O) groups is 2. The third-order valence-corrected chi connectivity index (χ3v) is 5.19. The van der Waals surface area contributed by atoms with Gasteiger partial charge >= 0.3 is 18.4 Å². The van der Waals surface area contributed by atoms with Crippen molar-refractivity contribution in [3.8, 4) is 0 Å². The largest absolute Gasteiger partial charge is 0.433 e. The molecule has 0 N–H and O–H groups in total. The van der Waals surface area contributed by atoms with Gasteiger partial charge in [0, 0.05) is 12.1 Å². The molecule has 2 aromatic rings. The van der Waals surface area contributed by atoms with Crippen LogP contribution in [0.5, 0.6) is 0 Å². The van der Waals surface area contributed by atoms with Gasteiger partial charge in [-0.15, -0.1) is 0 Å². The van der Waals surface area contributed by atoms with E-state index < -0.39 is 48.0 Å². The van der Waals surface area contributed by atoms with Gasteiger partial charge in [0.25, 0.3) is 0 Å². The molecule has 0 bridgehead atoms. The maximum absolute atomic E-state index is 13.0. The standard InChI is InChI=1S/C21H19F6N3O2/c1-12(2)16-10-29(15-6-7-18(28-9-15)21(25,26)27)19(32)30(16)11-17(31)13-4-3-5-14(8-13)20(22,23)24/h3-9,12,16H,10-11H2,1-2H3/t16-/m1/s1. The number of urea groups is 1. The fourth-order valence-electron chi connectivity index (χ4n) is 3.46. The molecule has 3 rings (SSSR count). The van der Waals surface area contributed by atoms with Gasteiger partial charge in [0.1, 0.15) is 5.69 Å². The van der Waals surface area contributed by atoms with Gasteiger partial charge in [-0.25, -0.2) is 9.78 Å². The zero-order chi connectivity index (χ0) is 23.8. The van der Waals surface area contributed by atoms with E-state index in [2.05, 4.69) is 4.98 Å². The summed E-state index contributed by atoms with van der Waals surface area (Å²) in [5.74, 6) is -0.803. The summed E-state index contributed by atoms with van der Waals surface area (Å²) < 4.78 is 77.1. The normalized spacial score (nSPS) is 17.4. The number of nitrogens with zero attached hydrogens (tertiary/aromatic N) is 3. The van der Waals surface area contributed by atoms with E-state index in [-0.39, 0.29) is 23.7 Å². The topological polar surface area (TPSA) is 53.5 Å².